The number of nitrogens with zero attached hydrogens (tertiary/aromatic N) is 6. The zero-order chi connectivity index (χ0) is 30.5. The fourth-order valence-corrected chi connectivity index (χ4v) is 7.91. The number of fused-ring (bicyclic) bond motifs is 2. The minimum atomic E-state index is -1.63. The average Bonchev–Trinajstić information content (AvgIpc) is 3.59. The summed E-state index contributed by atoms with van der Waals surface area (Å²) in [6, 6.07) is 9.03. The number of pyridine rings is 1. The molecule has 0 saturated heterocycles. The summed E-state index contributed by atoms with van der Waals surface area (Å²) in [6.45, 7) is 3.50. The number of aliphatic hydroxyl groups is 1. The maximum absolute atomic E-state index is 14.5. The summed E-state index contributed by atoms with van der Waals surface area (Å²) in [7, 11) is 0.131. The van der Waals surface area contributed by atoms with Crippen LogP contribution in [0.4, 0.5) is 4.39 Å². The van der Waals surface area contributed by atoms with Crippen molar-refractivity contribution < 1.29 is 18.5 Å². The van der Waals surface area contributed by atoms with Gasteiger partial charge in [-0.1, -0.05) is 17.2 Å². The highest BCUT2D eigenvalue weighted by Gasteiger charge is 2.51. The molecule has 224 valence electrons. The minimum absolute atomic E-state index is 0.131. The van der Waals surface area contributed by atoms with Crippen molar-refractivity contribution in [1.82, 2.24) is 28.9 Å². The molecule has 2 aliphatic carbocycles. The van der Waals surface area contributed by atoms with E-state index >= 15 is 0 Å². The third-order valence-corrected chi connectivity index (χ3v) is 9.84. The summed E-state index contributed by atoms with van der Waals surface area (Å²) in [5.74, 6) is -0.499. The van der Waals surface area contributed by atoms with Crippen molar-refractivity contribution in [2.75, 3.05) is 6.54 Å². The number of halogens is 2. The number of Topliss-reactive ketones (excluding diaryl/α,β-unsaturated/α-hetero) is 1. The van der Waals surface area contributed by atoms with E-state index in [2.05, 4.69) is 15.2 Å². The number of aryl methyl sites for hydroxylation is 1. The summed E-state index contributed by atoms with van der Waals surface area (Å²) in [6.07, 6.45) is 10.4. The number of rotatable bonds is 8. The lowest BCUT2D eigenvalue weighted by atomic mass is 9.60. The van der Waals surface area contributed by atoms with Gasteiger partial charge in [0.2, 0.25) is 0 Å². The van der Waals surface area contributed by atoms with Gasteiger partial charge in [-0.05, 0) is 87.6 Å². The van der Waals surface area contributed by atoms with Crippen LogP contribution in [-0.2, 0) is 24.5 Å². The molecule has 4 aromatic rings. The van der Waals surface area contributed by atoms with Gasteiger partial charge >= 0.3 is 0 Å². The van der Waals surface area contributed by atoms with Crippen molar-refractivity contribution in [2.24, 2.45) is 12.5 Å². The van der Waals surface area contributed by atoms with Gasteiger partial charge in [-0.2, -0.15) is 10.2 Å². The van der Waals surface area contributed by atoms with Crippen molar-refractivity contribution in [3.05, 3.63) is 94.5 Å². The van der Waals surface area contributed by atoms with Crippen LogP contribution < -0.4 is 0 Å². The van der Waals surface area contributed by atoms with Crippen molar-refractivity contribution in [3.63, 3.8) is 0 Å². The van der Waals surface area contributed by atoms with Gasteiger partial charge in [0.15, 0.2) is 5.78 Å². The summed E-state index contributed by atoms with van der Waals surface area (Å²) >= 11 is 6.30. The zero-order valence-corrected chi connectivity index (χ0v) is 25.6. The number of carbonyl (C=O) groups is 1. The highest BCUT2D eigenvalue weighted by Crippen LogP contribution is 2.51. The van der Waals surface area contributed by atoms with Gasteiger partial charge in [-0.25, -0.2) is 17.6 Å². The molecule has 0 aliphatic heterocycles. The number of carbonyl (C=O) groups excluding carboxylic acids is 1. The SMILES string of the molecule is Cn1cc(S(=O)N(CC(C)(C)O)C2CCC3=Cc4c(cnn4-c4ccc(F)cc4)CC3(C(=O)c3cc(Cl)ccn3)C2)cn1. The van der Waals surface area contributed by atoms with Crippen LogP contribution in [0, 0.1) is 11.2 Å². The summed E-state index contributed by atoms with van der Waals surface area (Å²) in [4.78, 5) is 19.5. The van der Waals surface area contributed by atoms with E-state index in [-0.39, 0.29) is 29.9 Å². The molecule has 3 unspecified atom stereocenters. The first-order valence-electron chi connectivity index (χ1n) is 14.0. The first kappa shape index (κ1) is 29.6. The van der Waals surface area contributed by atoms with E-state index in [4.69, 9.17) is 11.6 Å². The predicted octanol–water partition coefficient (Wildman–Crippen LogP) is 4.95. The monoisotopic (exact) mass is 622 g/mol. The topological polar surface area (TPSA) is 106 Å². The molecule has 1 fully saturated rings. The standard InChI is InChI=1S/C31H32ClFN6O3S/c1-30(2,41)19-38(43(42)26-17-35-37(3)18-26)25-7-4-21-12-28-20(16-36-39(28)24-8-5-23(33)6-9-24)14-31(21,15-25)29(40)27-13-22(32)10-11-34-27/h5-6,8-13,16-18,25,41H,4,7,14-15,19H2,1-3H3. The van der Waals surface area contributed by atoms with Crippen LogP contribution in [0.15, 0.2) is 71.7 Å². The Morgan fingerprint density at radius 3 is 2.67 bits per heavy atom. The Kier molecular flexibility index (Phi) is 7.70. The van der Waals surface area contributed by atoms with E-state index in [1.54, 1.807) is 77.4 Å². The lowest BCUT2D eigenvalue weighted by Gasteiger charge is -2.47. The Morgan fingerprint density at radius 2 is 2.00 bits per heavy atom. The number of ketones is 1. The molecule has 9 nitrogen and oxygen atoms in total. The number of aromatic nitrogens is 5. The van der Waals surface area contributed by atoms with Crippen LogP contribution >= 0.6 is 11.6 Å². The van der Waals surface area contributed by atoms with Crippen molar-refractivity contribution in [3.8, 4) is 5.69 Å². The molecule has 0 bridgehead atoms. The third-order valence-electron chi connectivity index (χ3n) is 8.14. The largest absolute Gasteiger partial charge is 0.389 e. The smallest absolute Gasteiger partial charge is 0.191 e. The number of hydrogen-bond acceptors (Lipinski definition) is 6. The molecule has 0 amide bonds. The quantitative estimate of drug-likeness (QED) is 0.279. The Hall–Kier alpha value is -3.51. The zero-order valence-electron chi connectivity index (χ0n) is 24.1. The van der Waals surface area contributed by atoms with Gasteiger partial charge in [0.05, 0.1) is 39.7 Å². The van der Waals surface area contributed by atoms with Gasteiger partial charge in [0.25, 0.3) is 0 Å². The van der Waals surface area contributed by atoms with Crippen LogP contribution in [0.25, 0.3) is 11.8 Å². The Bertz CT molecular complexity index is 1740. The second kappa shape index (κ2) is 11.2. The lowest BCUT2D eigenvalue weighted by Crippen LogP contribution is -2.52. The molecular formula is C31H32ClFN6O3S. The van der Waals surface area contributed by atoms with Gasteiger partial charge in [-0.3, -0.25) is 14.5 Å². The maximum Gasteiger partial charge on any atom is 0.191 e. The van der Waals surface area contributed by atoms with Gasteiger partial charge in [-0.15, -0.1) is 0 Å². The molecule has 2 aliphatic rings. The molecule has 12 heteroatoms. The average molecular weight is 623 g/mol. The summed E-state index contributed by atoms with van der Waals surface area (Å²) in [5, 5.41) is 20.1. The van der Waals surface area contributed by atoms with Crippen molar-refractivity contribution in [2.45, 2.75) is 56.1 Å². The van der Waals surface area contributed by atoms with E-state index in [9.17, 15) is 18.5 Å². The normalized spacial score (nSPS) is 20.8. The van der Waals surface area contributed by atoms with Gasteiger partial charge in [0.1, 0.15) is 22.5 Å². The number of benzene rings is 1. The molecule has 43 heavy (non-hydrogen) atoms. The van der Waals surface area contributed by atoms with Gasteiger partial charge < -0.3 is 5.11 Å². The molecule has 6 rings (SSSR count). The highest BCUT2D eigenvalue weighted by molar-refractivity contribution is 7.82. The molecule has 3 heterocycles. The molecular weight excluding hydrogens is 591 g/mol. The fraction of sp³-hybridized carbons (Fsp3) is 0.355. The Morgan fingerprint density at radius 1 is 1.23 bits per heavy atom. The maximum atomic E-state index is 14.5. The lowest BCUT2D eigenvalue weighted by molar-refractivity contribution is 0.0402. The first-order valence-corrected chi connectivity index (χ1v) is 15.5. The first-order chi connectivity index (χ1) is 20.4. The van der Waals surface area contributed by atoms with Crippen molar-refractivity contribution in [1.29, 1.82) is 0 Å². The van der Waals surface area contributed by atoms with Crippen molar-refractivity contribution >= 4 is 34.4 Å². The third kappa shape index (κ3) is 5.74. The van der Waals surface area contributed by atoms with Crippen LogP contribution in [0.1, 0.15) is 54.9 Å². The Labute approximate surface area is 256 Å². The van der Waals surface area contributed by atoms with E-state index in [0.29, 0.717) is 41.3 Å². The summed E-state index contributed by atoms with van der Waals surface area (Å²) < 4.78 is 32.8. The number of hydrogen-bond donors (Lipinski definition) is 1. The van der Waals surface area contributed by atoms with Crippen LogP contribution in [0.5, 0.6) is 0 Å². The molecule has 1 saturated carbocycles. The molecule has 3 atom stereocenters. The number of allylic oxidation sites excluding steroid dienone is 1. The predicted molar refractivity (Wildman–Crippen MR) is 161 cm³/mol. The van der Waals surface area contributed by atoms with E-state index in [1.165, 1.54) is 18.3 Å². The van der Waals surface area contributed by atoms with Gasteiger partial charge in [0, 0.05) is 37.1 Å². The fourth-order valence-electron chi connectivity index (χ4n) is 6.22. The summed E-state index contributed by atoms with van der Waals surface area (Å²) in [5.41, 5.74) is 1.47. The highest BCUT2D eigenvalue weighted by atomic mass is 35.5. The second-order valence-electron chi connectivity index (χ2n) is 11.9. The molecule has 0 radical (unpaired) electrons. The van der Waals surface area contributed by atoms with E-state index in [0.717, 1.165) is 16.8 Å². The van der Waals surface area contributed by atoms with Crippen LogP contribution in [0.3, 0.4) is 0 Å². The molecule has 3 aromatic heterocycles. The van der Waals surface area contributed by atoms with Crippen LogP contribution in [0.2, 0.25) is 5.02 Å². The molecule has 0 spiro atoms. The van der Waals surface area contributed by atoms with E-state index < -0.39 is 22.0 Å². The van der Waals surface area contributed by atoms with E-state index in [1.807, 2.05) is 6.08 Å². The van der Waals surface area contributed by atoms with Crippen LogP contribution in [-0.4, -0.2) is 62.1 Å². The Balaban J connectivity index is 1.44. The second-order valence-corrected chi connectivity index (χ2v) is 13.8. The molecule has 1 N–H and O–H groups in total. The minimum Gasteiger partial charge on any atom is -0.389 e. The molecule has 1 aromatic carbocycles.